The fourth-order valence-corrected chi connectivity index (χ4v) is 9.29. The van der Waals surface area contributed by atoms with Gasteiger partial charge < -0.3 is 19.0 Å². The predicted octanol–water partition coefficient (Wildman–Crippen LogP) is 6.37. The maximum absolute atomic E-state index is 12.5. The zero-order valence-electron chi connectivity index (χ0n) is 23.0. The lowest BCUT2D eigenvalue weighted by Gasteiger charge is -2.63. The molecule has 0 spiro atoms. The summed E-state index contributed by atoms with van der Waals surface area (Å²) in [6, 6.07) is 8.71. The molecule has 4 saturated carbocycles. The van der Waals surface area contributed by atoms with Gasteiger partial charge in [-0.15, -0.1) is 0 Å². The summed E-state index contributed by atoms with van der Waals surface area (Å²) in [6.45, 7) is 4.62. The number of aliphatic hydroxyl groups is 1. The second kappa shape index (κ2) is 9.72. The number of hydrogen-bond donors (Lipinski definition) is 1. The number of benzene rings is 1. The number of rotatable bonds is 4. The first-order valence-corrected chi connectivity index (χ1v) is 14.5. The van der Waals surface area contributed by atoms with Crippen molar-refractivity contribution >= 4 is 11.8 Å². The summed E-state index contributed by atoms with van der Waals surface area (Å²) in [4.78, 5) is 34.4. The average Bonchev–Trinajstić information content (AvgIpc) is 3.20. The van der Waals surface area contributed by atoms with Crippen molar-refractivity contribution in [2.45, 2.75) is 89.3 Å². The van der Waals surface area contributed by atoms with Crippen LogP contribution in [-0.2, 0) is 4.74 Å². The van der Waals surface area contributed by atoms with E-state index in [1.54, 1.807) is 6.26 Å². The quantitative estimate of drug-likeness (QED) is 0.201. The average molecular weight is 552 g/mol. The highest BCUT2D eigenvalue weighted by Crippen LogP contribution is 2.70. The Bertz CT molecular complexity index is 1340. The normalized spacial score (nSPS) is 38.4. The van der Waals surface area contributed by atoms with Crippen LogP contribution in [0.15, 0.2) is 51.9 Å². The number of hydrogen-bond acceptors (Lipinski definition) is 8. The zero-order valence-corrected chi connectivity index (χ0v) is 23.0. The van der Waals surface area contributed by atoms with Crippen LogP contribution in [0.3, 0.4) is 0 Å². The van der Waals surface area contributed by atoms with Gasteiger partial charge in [-0.3, -0.25) is 10.1 Å². The molecule has 1 aromatic heterocycles. The summed E-state index contributed by atoms with van der Waals surface area (Å²) >= 11 is 0. The molecule has 6 rings (SSSR count). The minimum absolute atomic E-state index is 0.0692. The van der Waals surface area contributed by atoms with E-state index in [0.717, 1.165) is 63.4 Å². The molecule has 2 aromatic rings. The Morgan fingerprint density at radius 3 is 2.48 bits per heavy atom. The summed E-state index contributed by atoms with van der Waals surface area (Å²) in [5.74, 6) is 1.40. The van der Waals surface area contributed by atoms with Crippen LogP contribution < -0.4 is 10.4 Å². The lowest BCUT2D eigenvalue weighted by molar-refractivity contribution is -0.384. The van der Waals surface area contributed by atoms with Crippen molar-refractivity contribution in [3.63, 3.8) is 0 Å². The molecule has 8 atom stereocenters. The topological polar surface area (TPSA) is 129 Å². The molecule has 1 N–H and O–H groups in total. The first kappa shape index (κ1) is 27.0. The van der Waals surface area contributed by atoms with Gasteiger partial charge in [0, 0.05) is 23.6 Å². The van der Waals surface area contributed by atoms with E-state index < -0.39 is 16.7 Å². The molecule has 1 aromatic carbocycles. The van der Waals surface area contributed by atoms with E-state index in [2.05, 4.69) is 13.8 Å². The van der Waals surface area contributed by atoms with Gasteiger partial charge in [0.05, 0.1) is 16.8 Å². The van der Waals surface area contributed by atoms with Gasteiger partial charge >= 0.3 is 11.8 Å². The van der Waals surface area contributed by atoms with Gasteiger partial charge in [-0.2, -0.15) is 0 Å². The highest BCUT2D eigenvalue weighted by Gasteiger charge is 2.67. The minimum atomic E-state index is -0.785. The van der Waals surface area contributed by atoms with Gasteiger partial charge in [0.15, 0.2) is 0 Å². The predicted molar refractivity (Wildman–Crippen MR) is 145 cm³/mol. The van der Waals surface area contributed by atoms with Gasteiger partial charge in [0.2, 0.25) is 0 Å². The Labute approximate surface area is 233 Å². The number of carbonyl (C=O) groups is 1. The third kappa shape index (κ3) is 4.24. The second-order valence-corrected chi connectivity index (χ2v) is 13.0. The van der Waals surface area contributed by atoms with Crippen LogP contribution in [0.4, 0.5) is 10.5 Å². The minimum Gasteiger partial charge on any atom is -0.431 e. The van der Waals surface area contributed by atoms with E-state index >= 15 is 0 Å². The van der Waals surface area contributed by atoms with Gasteiger partial charge in [-0.25, -0.2) is 9.59 Å². The highest BCUT2D eigenvalue weighted by atomic mass is 16.7. The standard InChI is InChI=1S/C31H37NO8/c1-29-14-11-23(40-28(34)39-22-7-5-21(6-8-22)32(36)37)17-20(29)4-9-26-25(29)12-15-30(2)24(13-16-31(26,30)35)19-3-10-27(33)38-18-19/h3,5-8,10,18,20,23-26,35H,4,9,11-17H2,1-2H3/t20-,23+,24-,25?,26-,29+,30-,31+/m1/s1. The SMILES string of the molecule is C[C@]12CC[C@H](OC(=O)Oc3ccc([N+](=O)[O-])cc3)C[C@H]1CC[C@@H]1C2CC[C@]2(C)[C@@H](c3ccc(=O)oc3)CC[C@]12O. The lowest BCUT2D eigenvalue weighted by Crippen LogP contribution is -2.62. The van der Waals surface area contributed by atoms with Crippen molar-refractivity contribution in [2.24, 2.45) is 28.6 Å². The molecule has 1 heterocycles. The summed E-state index contributed by atoms with van der Waals surface area (Å²) in [5.41, 5.74) is -0.367. The monoisotopic (exact) mass is 551 g/mol. The third-order valence-corrected chi connectivity index (χ3v) is 11.4. The molecule has 40 heavy (non-hydrogen) atoms. The summed E-state index contributed by atoms with van der Waals surface area (Å²) in [7, 11) is 0. The molecule has 0 amide bonds. The third-order valence-electron chi connectivity index (χ3n) is 11.4. The molecule has 214 valence electrons. The van der Waals surface area contributed by atoms with Crippen molar-refractivity contribution in [1.29, 1.82) is 0 Å². The smallest absolute Gasteiger partial charge is 0.431 e. The van der Waals surface area contributed by atoms with Crippen molar-refractivity contribution in [3.8, 4) is 5.75 Å². The maximum atomic E-state index is 12.5. The fourth-order valence-electron chi connectivity index (χ4n) is 9.29. The number of nitrogens with zero attached hydrogens (tertiary/aromatic N) is 1. The zero-order chi connectivity index (χ0) is 28.3. The summed E-state index contributed by atoms with van der Waals surface area (Å²) in [6.07, 6.45) is 8.57. The van der Waals surface area contributed by atoms with E-state index in [4.69, 9.17) is 13.9 Å². The fraction of sp³-hybridized carbons (Fsp3) is 0.613. The maximum Gasteiger partial charge on any atom is 0.514 e. The van der Waals surface area contributed by atoms with Crippen LogP contribution in [0.5, 0.6) is 5.75 Å². The van der Waals surface area contributed by atoms with Crippen LogP contribution in [0.2, 0.25) is 0 Å². The van der Waals surface area contributed by atoms with Gasteiger partial charge in [0.25, 0.3) is 5.69 Å². The van der Waals surface area contributed by atoms with Crippen molar-refractivity contribution in [3.05, 3.63) is 68.8 Å². The molecular formula is C31H37NO8. The second-order valence-electron chi connectivity index (χ2n) is 13.0. The number of fused-ring (bicyclic) bond motifs is 5. The lowest BCUT2D eigenvalue weighted by atomic mass is 9.43. The molecule has 0 bridgehead atoms. The number of nitro benzene ring substituents is 1. The Hall–Kier alpha value is -3.20. The molecule has 9 nitrogen and oxygen atoms in total. The molecule has 1 unspecified atom stereocenters. The first-order valence-electron chi connectivity index (χ1n) is 14.5. The number of nitro groups is 1. The number of carbonyl (C=O) groups excluding carboxylic acids is 1. The van der Waals surface area contributed by atoms with Crippen LogP contribution in [0.1, 0.15) is 83.1 Å². The van der Waals surface area contributed by atoms with Crippen LogP contribution in [-0.4, -0.2) is 27.9 Å². The Morgan fingerprint density at radius 2 is 1.77 bits per heavy atom. The van der Waals surface area contributed by atoms with E-state index in [-0.39, 0.29) is 45.8 Å². The number of ether oxygens (including phenoxy) is 2. The molecule has 0 saturated heterocycles. The Kier molecular flexibility index (Phi) is 6.56. The molecule has 0 radical (unpaired) electrons. The molecule has 4 aliphatic carbocycles. The molecule has 0 aliphatic heterocycles. The van der Waals surface area contributed by atoms with Gasteiger partial charge in [-0.1, -0.05) is 13.8 Å². The highest BCUT2D eigenvalue weighted by molar-refractivity contribution is 5.64. The summed E-state index contributed by atoms with van der Waals surface area (Å²) < 4.78 is 16.2. The largest absolute Gasteiger partial charge is 0.514 e. The Balaban J connectivity index is 1.12. The molecular weight excluding hydrogens is 514 g/mol. The van der Waals surface area contributed by atoms with Crippen LogP contribution in [0, 0.1) is 38.7 Å². The van der Waals surface area contributed by atoms with Gasteiger partial charge in [0.1, 0.15) is 11.9 Å². The van der Waals surface area contributed by atoms with Gasteiger partial charge in [-0.05, 0) is 111 Å². The van der Waals surface area contributed by atoms with E-state index in [1.807, 2.05) is 6.07 Å². The first-order chi connectivity index (χ1) is 19.0. The van der Waals surface area contributed by atoms with E-state index in [0.29, 0.717) is 11.8 Å². The summed E-state index contributed by atoms with van der Waals surface area (Å²) in [5, 5.41) is 23.2. The molecule has 4 aliphatic rings. The van der Waals surface area contributed by atoms with E-state index in [9.17, 15) is 24.8 Å². The van der Waals surface area contributed by atoms with Crippen LogP contribution >= 0.6 is 0 Å². The van der Waals surface area contributed by atoms with Crippen molar-refractivity contribution in [1.82, 2.24) is 0 Å². The Morgan fingerprint density at radius 1 is 1.00 bits per heavy atom. The molecule has 4 fully saturated rings. The van der Waals surface area contributed by atoms with Crippen molar-refractivity contribution < 1.29 is 28.7 Å². The van der Waals surface area contributed by atoms with E-state index in [1.165, 1.54) is 30.3 Å². The molecule has 9 heteroatoms. The number of non-ortho nitro benzene ring substituents is 1. The van der Waals surface area contributed by atoms with Crippen molar-refractivity contribution in [2.75, 3.05) is 0 Å². The van der Waals surface area contributed by atoms with Crippen LogP contribution in [0.25, 0.3) is 0 Å².